The first-order chi connectivity index (χ1) is 15.4. The molecule has 8 nitrogen and oxygen atoms in total. The van der Waals surface area contributed by atoms with Gasteiger partial charge in [0.2, 0.25) is 5.95 Å². The minimum Gasteiger partial charge on any atom is -0.372 e. The van der Waals surface area contributed by atoms with Crippen LogP contribution in [-0.4, -0.2) is 69.9 Å². The van der Waals surface area contributed by atoms with E-state index in [0.717, 1.165) is 49.2 Å². The van der Waals surface area contributed by atoms with Crippen molar-refractivity contribution in [1.29, 1.82) is 0 Å². The Morgan fingerprint density at radius 2 is 1.69 bits per heavy atom. The van der Waals surface area contributed by atoms with Gasteiger partial charge in [0.15, 0.2) is 5.72 Å². The number of rotatable bonds is 5. The highest BCUT2D eigenvalue weighted by Crippen LogP contribution is 2.28. The van der Waals surface area contributed by atoms with Gasteiger partial charge < -0.3 is 20.1 Å². The number of hydrogen-bond donors (Lipinski definition) is 2. The number of benzene rings is 2. The Morgan fingerprint density at radius 1 is 0.969 bits per heavy atom. The van der Waals surface area contributed by atoms with Gasteiger partial charge in [-0.2, -0.15) is 4.98 Å². The summed E-state index contributed by atoms with van der Waals surface area (Å²) < 4.78 is 33.5. The lowest BCUT2D eigenvalue weighted by atomic mass is 10.1. The molecule has 3 aromatic rings. The average Bonchev–Trinajstić information content (AvgIpc) is 3.19. The molecule has 3 heterocycles. The molecule has 5 rings (SSSR count). The van der Waals surface area contributed by atoms with Crippen molar-refractivity contribution < 1.29 is 18.6 Å². The molecule has 2 aromatic carbocycles. The zero-order valence-electron chi connectivity index (χ0n) is 17.6. The van der Waals surface area contributed by atoms with Crippen LogP contribution in [0.5, 0.6) is 0 Å². The average molecular weight is 442 g/mol. The fraction of sp³-hybridized carbons (Fsp3) is 0.364. The van der Waals surface area contributed by atoms with Gasteiger partial charge >= 0.3 is 0 Å². The van der Waals surface area contributed by atoms with Gasteiger partial charge in [-0.1, -0.05) is 0 Å². The van der Waals surface area contributed by atoms with Crippen LogP contribution in [0, 0.1) is 18.6 Å². The monoisotopic (exact) mass is 442 g/mol. The molecule has 0 unspecified atom stereocenters. The number of nitrogens with one attached hydrogen (secondary N) is 1. The van der Waals surface area contributed by atoms with Crippen molar-refractivity contribution in [3.05, 3.63) is 59.9 Å². The van der Waals surface area contributed by atoms with Crippen LogP contribution >= 0.6 is 0 Å². The van der Waals surface area contributed by atoms with E-state index in [-0.39, 0.29) is 5.69 Å². The van der Waals surface area contributed by atoms with Crippen LogP contribution in [0.4, 0.5) is 26.1 Å². The molecular formula is C22H24F2N6O2. The lowest BCUT2D eigenvalue weighted by Crippen LogP contribution is -2.66. The Hall–Kier alpha value is -3.08. The van der Waals surface area contributed by atoms with E-state index in [2.05, 4.69) is 31.3 Å². The Morgan fingerprint density at radius 3 is 2.34 bits per heavy atom. The second-order valence-electron chi connectivity index (χ2n) is 8.27. The summed E-state index contributed by atoms with van der Waals surface area (Å²) in [5.41, 5.74) is 2.39. The number of anilines is 3. The number of piperazine rings is 1. The number of hydrogen-bond acceptors (Lipinski definition) is 7. The summed E-state index contributed by atoms with van der Waals surface area (Å²) >= 11 is 0. The molecule has 2 saturated heterocycles. The number of aliphatic hydroxyl groups is 1. The van der Waals surface area contributed by atoms with Crippen LogP contribution in [0.15, 0.2) is 42.7 Å². The third-order valence-electron chi connectivity index (χ3n) is 5.82. The molecule has 0 amide bonds. The van der Waals surface area contributed by atoms with Crippen LogP contribution < -0.4 is 10.2 Å². The smallest absolute Gasteiger partial charge is 0.246 e. The lowest BCUT2D eigenvalue weighted by molar-refractivity contribution is -0.258. The van der Waals surface area contributed by atoms with E-state index in [1.54, 1.807) is 0 Å². The minimum atomic E-state index is -0.819. The molecule has 168 valence electrons. The Kier molecular flexibility index (Phi) is 5.28. The molecule has 2 aliphatic heterocycles. The highest BCUT2D eigenvalue weighted by Gasteiger charge is 2.43. The maximum atomic E-state index is 13.5. The fourth-order valence-corrected chi connectivity index (χ4v) is 4.11. The fourth-order valence-electron chi connectivity index (χ4n) is 4.11. The van der Waals surface area contributed by atoms with Crippen LogP contribution in [0.2, 0.25) is 0 Å². The quantitative estimate of drug-likeness (QED) is 0.628. The summed E-state index contributed by atoms with van der Waals surface area (Å²) in [4.78, 5) is 8.56. The van der Waals surface area contributed by atoms with E-state index < -0.39 is 17.4 Å². The van der Waals surface area contributed by atoms with Gasteiger partial charge in [0.25, 0.3) is 0 Å². The van der Waals surface area contributed by atoms with Crippen molar-refractivity contribution >= 4 is 17.3 Å². The van der Waals surface area contributed by atoms with Crippen LogP contribution in [0.25, 0.3) is 5.69 Å². The van der Waals surface area contributed by atoms with Gasteiger partial charge in [-0.3, -0.25) is 4.90 Å². The minimum absolute atomic E-state index is 0.254. The molecule has 2 N–H and O–H groups in total. The van der Waals surface area contributed by atoms with Gasteiger partial charge in [-0.15, -0.1) is 5.10 Å². The van der Waals surface area contributed by atoms with Crippen molar-refractivity contribution in [2.24, 2.45) is 0 Å². The van der Waals surface area contributed by atoms with E-state index >= 15 is 0 Å². The van der Waals surface area contributed by atoms with Crippen LogP contribution in [0.1, 0.15) is 5.56 Å². The maximum Gasteiger partial charge on any atom is 0.246 e. The van der Waals surface area contributed by atoms with E-state index in [4.69, 9.17) is 4.74 Å². The largest absolute Gasteiger partial charge is 0.372 e. The summed E-state index contributed by atoms with van der Waals surface area (Å²) in [7, 11) is 0. The summed E-state index contributed by atoms with van der Waals surface area (Å²) in [5.74, 6) is -1.03. The van der Waals surface area contributed by atoms with Crippen molar-refractivity contribution in [2.45, 2.75) is 12.6 Å². The molecule has 1 aromatic heterocycles. The van der Waals surface area contributed by atoms with Crippen molar-refractivity contribution in [1.82, 2.24) is 19.7 Å². The molecule has 0 radical (unpaired) electrons. The van der Waals surface area contributed by atoms with E-state index in [9.17, 15) is 13.9 Å². The zero-order valence-corrected chi connectivity index (χ0v) is 17.6. The Balaban J connectivity index is 1.29. The summed E-state index contributed by atoms with van der Waals surface area (Å²) in [5, 5.41) is 17.9. The van der Waals surface area contributed by atoms with Gasteiger partial charge in [0.1, 0.15) is 18.0 Å². The van der Waals surface area contributed by atoms with Crippen molar-refractivity contribution in [3.63, 3.8) is 0 Å². The molecule has 2 fully saturated rings. The highest BCUT2D eigenvalue weighted by atomic mass is 19.1. The SMILES string of the molecule is Cc1cc(Nc2ncn(-c3cc(F)cc(F)c3)n2)cc(N2CCN(C3(O)COC3)CC2)c1. The Bertz CT molecular complexity index is 1110. The van der Waals surface area contributed by atoms with Crippen LogP contribution in [0.3, 0.4) is 0 Å². The third kappa shape index (κ3) is 4.16. The summed E-state index contributed by atoms with van der Waals surface area (Å²) in [6, 6.07) is 9.32. The number of nitrogens with zero attached hydrogens (tertiary/aromatic N) is 5. The van der Waals surface area contributed by atoms with Gasteiger partial charge in [0.05, 0.1) is 18.9 Å². The first-order valence-corrected chi connectivity index (χ1v) is 10.4. The van der Waals surface area contributed by atoms with E-state index in [0.29, 0.717) is 19.2 Å². The van der Waals surface area contributed by atoms with E-state index in [1.807, 2.05) is 19.1 Å². The third-order valence-corrected chi connectivity index (χ3v) is 5.82. The first kappa shape index (κ1) is 20.8. The van der Waals surface area contributed by atoms with Crippen molar-refractivity contribution in [2.75, 3.05) is 49.6 Å². The second kappa shape index (κ2) is 8.12. The second-order valence-corrected chi connectivity index (χ2v) is 8.27. The molecule has 0 saturated carbocycles. The highest BCUT2D eigenvalue weighted by molar-refractivity contribution is 5.64. The van der Waals surface area contributed by atoms with Gasteiger partial charge in [0, 0.05) is 43.6 Å². The number of aryl methyl sites for hydroxylation is 1. The Labute approximate surface area is 184 Å². The predicted molar refractivity (Wildman–Crippen MR) is 115 cm³/mol. The molecule has 10 heteroatoms. The maximum absolute atomic E-state index is 13.5. The van der Waals surface area contributed by atoms with E-state index in [1.165, 1.54) is 23.1 Å². The van der Waals surface area contributed by atoms with Gasteiger partial charge in [-0.25, -0.2) is 13.5 Å². The number of ether oxygens (including phenoxy) is 1. The number of aromatic nitrogens is 3. The molecule has 32 heavy (non-hydrogen) atoms. The van der Waals surface area contributed by atoms with Crippen LogP contribution in [-0.2, 0) is 4.74 Å². The zero-order chi connectivity index (χ0) is 22.3. The standard InChI is InChI=1S/C22H24F2N6O2/c1-15-6-18(26-21-25-14-30(27-21)20-9-16(23)8-17(24)10-20)11-19(7-15)28-2-4-29(5-3-28)22(31)12-32-13-22/h6-11,14,31H,2-5,12-13H2,1H3,(H,26,27). The normalized spacial score (nSPS) is 18.4. The lowest BCUT2D eigenvalue weighted by Gasteiger charge is -2.49. The van der Waals surface area contributed by atoms with Crippen molar-refractivity contribution in [3.8, 4) is 5.69 Å². The summed E-state index contributed by atoms with van der Waals surface area (Å²) in [6.45, 7) is 5.85. The topological polar surface area (TPSA) is 78.7 Å². The predicted octanol–water partition coefficient (Wildman–Crippen LogP) is 2.44. The van der Waals surface area contributed by atoms with Gasteiger partial charge in [-0.05, 0) is 42.8 Å². The molecular weight excluding hydrogens is 418 g/mol. The number of halogens is 2. The first-order valence-electron chi connectivity index (χ1n) is 10.4. The molecule has 0 bridgehead atoms. The molecule has 0 aliphatic carbocycles. The molecule has 0 atom stereocenters. The summed E-state index contributed by atoms with van der Waals surface area (Å²) in [6.07, 6.45) is 1.40. The molecule has 0 spiro atoms. The molecule has 2 aliphatic rings.